The van der Waals surface area contributed by atoms with E-state index in [-0.39, 0.29) is 17.1 Å². The molecule has 8 nitrogen and oxygen atoms in total. The second-order valence-electron chi connectivity index (χ2n) is 5.51. The predicted molar refractivity (Wildman–Crippen MR) is 76.1 cm³/mol. The van der Waals surface area contributed by atoms with Crippen molar-refractivity contribution in [1.29, 1.82) is 0 Å². The number of aromatic nitrogens is 2. The van der Waals surface area contributed by atoms with E-state index < -0.39 is 11.4 Å². The number of nitrogens with two attached hydrogens (primary N) is 1. The minimum Gasteiger partial charge on any atom is -0.409 e. The van der Waals surface area contributed by atoms with Crippen LogP contribution in [0.4, 0.5) is 0 Å². The van der Waals surface area contributed by atoms with Gasteiger partial charge in [-0.25, -0.2) is 5.10 Å². The van der Waals surface area contributed by atoms with Crippen LogP contribution in [-0.4, -0.2) is 32.7 Å². The first-order chi connectivity index (χ1) is 9.97. The van der Waals surface area contributed by atoms with Crippen molar-refractivity contribution in [2.75, 3.05) is 0 Å². The van der Waals surface area contributed by atoms with Crippen LogP contribution in [0.15, 0.2) is 22.1 Å². The fourth-order valence-corrected chi connectivity index (χ4v) is 2.55. The lowest BCUT2D eigenvalue weighted by Gasteiger charge is -2.38. The number of H-pyrrole nitrogens is 1. The number of carbonyl (C=O) groups excluding carboxylic acids is 1. The van der Waals surface area contributed by atoms with Crippen molar-refractivity contribution in [3.8, 4) is 0 Å². The smallest absolute Gasteiger partial charge is 0.272 e. The monoisotopic (exact) mass is 293 g/mol. The fraction of sp³-hybridized carbons (Fsp3) is 0.538. The molecule has 0 unspecified atom stereocenters. The van der Waals surface area contributed by atoms with Gasteiger partial charge in [-0.1, -0.05) is 12.1 Å². The van der Waals surface area contributed by atoms with Gasteiger partial charge in [0.15, 0.2) is 5.84 Å². The van der Waals surface area contributed by atoms with Crippen molar-refractivity contribution in [2.45, 2.75) is 38.1 Å². The Bertz CT molecular complexity index is 582. The van der Waals surface area contributed by atoms with Gasteiger partial charge in [0.2, 0.25) is 0 Å². The second kappa shape index (κ2) is 5.94. The van der Waals surface area contributed by atoms with Gasteiger partial charge in [-0.3, -0.25) is 9.59 Å². The highest BCUT2D eigenvalue weighted by Gasteiger charge is 2.40. The minimum absolute atomic E-state index is 0.00725. The molecular formula is C13H19N5O3. The van der Waals surface area contributed by atoms with E-state index in [9.17, 15) is 9.59 Å². The van der Waals surface area contributed by atoms with E-state index in [1.54, 1.807) is 0 Å². The maximum atomic E-state index is 12.2. The van der Waals surface area contributed by atoms with Gasteiger partial charge in [-0.2, -0.15) is 5.10 Å². The van der Waals surface area contributed by atoms with Gasteiger partial charge >= 0.3 is 0 Å². The summed E-state index contributed by atoms with van der Waals surface area (Å²) in [4.78, 5) is 23.2. The lowest BCUT2D eigenvalue weighted by molar-refractivity contribution is 0.0891. The maximum absolute atomic E-state index is 12.2. The Hall–Kier alpha value is -2.38. The van der Waals surface area contributed by atoms with Crippen molar-refractivity contribution < 1.29 is 10.0 Å². The summed E-state index contributed by atoms with van der Waals surface area (Å²) >= 11 is 0. The Morgan fingerprint density at radius 1 is 1.52 bits per heavy atom. The van der Waals surface area contributed by atoms with Crippen LogP contribution < -0.4 is 16.6 Å². The highest BCUT2D eigenvalue weighted by atomic mass is 16.4. The van der Waals surface area contributed by atoms with Crippen LogP contribution in [0.2, 0.25) is 0 Å². The van der Waals surface area contributed by atoms with E-state index in [2.05, 4.69) is 27.6 Å². The molecule has 1 saturated carbocycles. The number of amidine groups is 1. The number of hydrogen-bond donors (Lipinski definition) is 4. The second-order valence-corrected chi connectivity index (χ2v) is 5.51. The van der Waals surface area contributed by atoms with Crippen molar-refractivity contribution in [3.63, 3.8) is 0 Å². The van der Waals surface area contributed by atoms with Gasteiger partial charge in [0.25, 0.3) is 11.5 Å². The molecule has 1 aromatic rings. The van der Waals surface area contributed by atoms with Gasteiger partial charge in [-0.05, 0) is 37.7 Å². The van der Waals surface area contributed by atoms with Gasteiger partial charge in [-0.15, -0.1) is 0 Å². The van der Waals surface area contributed by atoms with E-state index in [1.807, 2.05) is 0 Å². The largest absolute Gasteiger partial charge is 0.409 e. The lowest BCUT2D eigenvalue weighted by Crippen LogP contribution is -2.59. The van der Waals surface area contributed by atoms with Crippen LogP contribution in [0.1, 0.15) is 43.1 Å². The number of nitrogens with one attached hydrogen (secondary N) is 2. The van der Waals surface area contributed by atoms with Crippen molar-refractivity contribution in [1.82, 2.24) is 15.5 Å². The van der Waals surface area contributed by atoms with E-state index in [0.29, 0.717) is 18.8 Å². The van der Waals surface area contributed by atoms with Crippen LogP contribution in [0.3, 0.4) is 0 Å². The van der Waals surface area contributed by atoms with Crippen LogP contribution >= 0.6 is 0 Å². The van der Waals surface area contributed by atoms with E-state index in [0.717, 1.165) is 12.8 Å². The lowest BCUT2D eigenvalue weighted by atomic mass is 9.76. The van der Waals surface area contributed by atoms with Crippen molar-refractivity contribution in [3.05, 3.63) is 28.2 Å². The molecule has 1 aliphatic carbocycles. The summed E-state index contributed by atoms with van der Waals surface area (Å²) < 4.78 is 0. The Morgan fingerprint density at radius 3 is 2.71 bits per heavy atom. The third kappa shape index (κ3) is 3.21. The summed E-state index contributed by atoms with van der Waals surface area (Å²) in [5, 5.41) is 20.7. The number of aromatic amines is 1. The van der Waals surface area contributed by atoms with Gasteiger partial charge in [0.1, 0.15) is 11.2 Å². The highest BCUT2D eigenvalue weighted by molar-refractivity contribution is 5.99. The summed E-state index contributed by atoms with van der Waals surface area (Å²) in [6, 6.07) is 2.56. The number of nitrogens with zero attached hydrogens (tertiary/aromatic N) is 2. The molecule has 5 N–H and O–H groups in total. The standard InChI is InChI=1S/C13H19N5O3/c1-8-4-6-13(7-5-8,12(14)18-21)15-11(20)9-2-3-10(19)17-16-9/h2-3,8,21H,4-7H2,1H3,(H2,14,18)(H,15,20)(H,17,19). The molecular weight excluding hydrogens is 274 g/mol. The highest BCUT2D eigenvalue weighted by Crippen LogP contribution is 2.32. The molecule has 0 saturated heterocycles. The van der Waals surface area contributed by atoms with Crippen LogP contribution in [-0.2, 0) is 0 Å². The SMILES string of the molecule is CC1CCC(NC(=O)c2ccc(=O)[nH]n2)(/C(N)=N/O)CC1. The Morgan fingerprint density at radius 2 is 2.19 bits per heavy atom. The van der Waals surface area contributed by atoms with Crippen molar-refractivity contribution in [2.24, 2.45) is 16.8 Å². The minimum atomic E-state index is -0.865. The molecule has 0 radical (unpaired) electrons. The predicted octanol–water partition coefficient (Wildman–Crippen LogP) is 0.195. The Labute approximate surface area is 121 Å². The third-order valence-corrected chi connectivity index (χ3v) is 3.99. The average Bonchev–Trinajstić information content (AvgIpc) is 2.49. The Kier molecular flexibility index (Phi) is 4.25. The molecule has 0 aliphatic heterocycles. The third-order valence-electron chi connectivity index (χ3n) is 3.99. The first-order valence-corrected chi connectivity index (χ1v) is 6.83. The summed E-state index contributed by atoms with van der Waals surface area (Å²) in [5.41, 5.74) is 4.62. The molecule has 8 heteroatoms. The molecule has 0 atom stereocenters. The molecule has 2 rings (SSSR count). The average molecular weight is 293 g/mol. The molecule has 0 bridgehead atoms. The molecule has 1 aromatic heterocycles. The van der Waals surface area contributed by atoms with E-state index in [4.69, 9.17) is 10.9 Å². The molecule has 0 aromatic carbocycles. The first-order valence-electron chi connectivity index (χ1n) is 6.83. The zero-order chi connectivity index (χ0) is 15.5. The van der Waals surface area contributed by atoms with Crippen LogP contribution in [0.5, 0.6) is 0 Å². The summed E-state index contributed by atoms with van der Waals surface area (Å²) in [7, 11) is 0. The number of rotatable bonds is 3. The number of hydrogen-bond acceptors (Lipinski definition) is 5. The van der Waals surface area contributed by atoms with Crippen LogP contribution in [0, 0.1) is 5.92 Å². The number of carbonyl (C=O) groups is 1. The van der Waals surface area contributed by atoms with Gasteiger partial charge in [0.05, 0.1) is 0 Å². The van der Waals surface area contributed by atoms with Crippen LogP contribution in [0.25, 0.3) is 0 Å². The molecule has 1 amide bonds. The quantitative estimate of drug-likeness (QED) is 0.273. The maximum Gasteiger partial charge on any atom is 0.272 e. The number of amides is 1. The molecule has 114 valence electrons. The van der Waals surface area contributed by atoms with Crippen molar-refractivity contribution >= 4 is 11.7 Å². The Balaban J connectivity index is 2.21. The molecule has 1 fully saturated rings. The van der Waals surface area contributed by atoms with E-state index >= 15 is 0 Å². The first kappa shape index (κ1) is 15.0. The summed E-state index contributed by atoms with van der Waals surface area (Å²) in [6.07, 6.45) is 2.93. The summed E-state index contributed by atoms with van der Waals surface area (Å²) in [5.74, 6) is 0.0623. The summed E-state index contributed by atoms with van der Waals surface area (Å²) in [6.45, 7) is 2.13. The fourth-order valence-electron chi connectivity index (χ4n) is 2.55. The van der Waals surface area contributed by atoms with Gasteiger partial charge in [0, 0.05) is 6.07 Å². The zero-order valence-electron chi connectivity index (χ0n) is 11.8. The topological polar surface area (TPSA) is 133 Å². The molecule has 0 spiro atoms. The normalized spacial score (nSPS) is 26.3. The molecule has 1 heterocycles. The van der Waals surface area contributed by atoms with E-state index in [1.165, 1.54) is 12.1 Å². The molecule has 1 aliphatic rings. The number of oxime groups is 1. The molecule has 21 heavy (non-hydrogen) atoms. The zero-order valence-corrected chi connectivity index (χ0v) is 11.8. The van der Waals surface area contributed by atoms with Gasteiger partial charge < -0.3 is 16.3 Å².